The van der Waals surface area contributed by atoms with E-state index >= 15 is 0 Å². The van der Waals surface area contributed by atoms with Crippen LogP contribution in [0, 0.1) is 0 Å². The summed E-state index contributed by atoms with van der Waals surface area (Å²) in [6.07, 6.45) is 1.48. The number of aromatic nitrogens is 4. The van der Waals surface area contributed by atoms with Gasteiger partial charge in [-0.1, -0.05) is 0 Å². The number of hydrogen-bond donors (Lipinski definition) is 4. The summed E-state index contributed by atoms with van der Waals surface area (Å²) in [6, 6.07) is 0. The van der Waals surface area contributed by atoms with E-state index in [2.05, 4.69) is 15.0 Å². The summed E-state index contributed by atoms with van der Waals surface area (Å²) >= 11 is 0. The van der Waals surface area contributed by atoms with Crippen molar-refractivity contribution < 1.29 is 20.1 Å². The van der Waals surface area contributed by atoms with Crippen LogP contribution in [0.2, 0.25) is 0 Å². The van der Waals surface area contributed by atoms with Gasteiger partial charge in [0, 0.05) is 13.5 Å². The summed E-state index contributed by atoms with van der Waals surface area (Å²) in [5, 5.41) is 7.42. The maximum atomic E-state index is 11.4. The topological polar surface area (TPSA) is 194 Å². The van der Waals surface area contributed by atoms with Crippen LogP contribution in [0.1, 0.15) is 6.92 Å². The largest absolute Gasteiger partial charge is 0.481 e. The van der Waals surface area contributed by atoms with Crippen molar-refractivity contribution in [1.82, 2.24) is 19.5 Å². The second-order valence-electron chi connectivity index (χ2n) is 3.68. The van der Waals surface area contributed by atoms with E-state index in [0.717, 1.165) is 6.92 Å². The number of carboxylic acids is 1. The van der Waals surface area contributed by atoms with E-state index < -0.39 is 5.97 Å². The minimum atomic E-state index is -0.833. The van der Waals surface area contributed by atoms with Gasteiger partial charge in [0.05, 0.1) is 12.9 Å². The second kappa shape index (κ2) is 8.63. The van der Waals surface area contributed by atoms with Crippen LogP contribution in [0.5, 0.6) is 0 Å². The molecule has 0 amide bonds. The van der Waals surface area contributed by atoms with Crippen molar-refractivity contribution in [3.05, 3.63) is 16.7 Å². The van der Waals surface area contributed by atoms with Gasteiger partial charge in [0.25, 0.3) is 11.5 Å². The number of rotatable bonds is 4. The number of nitrogens with one attached hydrogen (secondary N) is 1. The van der Waals surface area contributed by atoms with Gasteiger partial charge in [0.2, 0.25) is 5.95 Å². The van der Waals surface area contributed by atoms with Gasteiger partial charge >= 0.3 is 0 Å². The van der Waals surface area contributed by atoms with Crippen molar-refractivity contribution in [2.45, 2.75) is 13.7 Å². The molecule has 2 rings (SSSR count). The number of nitrogens with two attached hydrogens (primary N) is 2. The summed E-state index contributed by atoms with van der Waals surface area (Å²) in [5.41, 5.74) is 11.0. The molecule has 2 aromatic rings. The molecule has 2 aromatic heterocycles. The zero-order valence-corrected chi connectivity index (χ0v) is 11.4. The predicted molar refractivity (Wildman–Crippen MR) is 74.5 cm³/mol. The Morgan fingerprint density at radius 1 is 1.57 bits per heavy atom. The quantitative estimate of drug-likeness (QED) is 0.461. The standard InChI is InChI=1S/C8H12N6O2.C2H4O2.H2O/c9-1-2-16-4-14-3-11-5-6(14)12-8(10)13-7(5)15;1-2(3)4;/h3H,1-2,4,9H2,(H3,10,12,13,15);1H3,(H,3,4);1H2. The fourth-order valence-corrected chi connectivity index (χ4v) is 1.31. The number of hydrogen-bond acceptors (Lipinski definition) is 7. The van der Waals surface area contributed by atoms with E-state index in [4.69, 9.17) is 26.1 Å². The molecule has 8 N–H and O–H groups in total. The third-order valence-corrected chi connectivity index (χ3v) is 1.99. The predicted octanol–water partition coefficient (Wildman–Crippen LogP) is -2.10. The van der Waals surface area contributed by atoms with E-state index in [-0.39, 0.29) is 29.2 Å². The molecule has 0 aliphatic heterocycles. The Kier molecular flexibility index (Phi) is 7.60. The second-order valence-corrected chi connectivity index (χ2v) is 3.68. The lowest BCUT2D eigenvalue weighted by molar-refractivity contribution is -0.134. The number of aromatic amines is 1. The average Bonchev–Trinajstić information content (AvgIpc) is 2.72. The van der Waals surface area contributed by atoms with Crippen molar-refractivity contribution in [2.75, 3.05) is 18.9 Å². The van der Waals surface area contributed by atoms with Crippen LogP contribution < -0.4 is 17.0 Å². The number of aliphatic carboxylic acids is 1. The zero-order chi connectivity index (χ0) is 15.1. The van der Waals surface area contributed by atoms with Gasteiger partial charge in [-0.05, 0) is 0 Å². The number of nitrogens with zero attached hydrogens (tertiary/aromatic N) is 3. The Morgan fingerprint density at radius 3 is 2.76 bits per heavy atom. The highest BCUT2D eigenvalue weighted by atomic mass is 16.5. The normalized spacial score (nSPS) is 9.62. The molecule has 0 aromatic carbocycles. The molecule has 2 heterocycles. The molecular formula is C10H18N6O5. The molecule has 0 fully saturated rings. The van der Waals surface area contributed by atoms with Crippen LogP contribution in [0.3, 0.4) is 0 Å². The zero-order valence-electron chi connectivity index (χ0n) is 11.4. The third-order valence-electron chi connectivity index (χ3n) is 1.99. The number of anilines is 1. The van der Waals surface area contributed by atoms with Crippen LogP contribution in [-0.4, -0.2) is 49.2 Å². The molecule has 0 bridgehead atoms. The van der Waals surface area contributed by atoms with Crippen LogP contribution in [-0.2, 0) is 16.3 Å². The maximum absolute atomic E-state index is 11.4. The molecule has 118 valence electrons. The molecule has 11 heteroatoms. The molecule has 0 radical (unpaired) electrons. The lowest BCUT2D eigenvalue weighted by atomic mass is 10.5. The molecule has 0 unspecified atom stereocenters. The number of imidazole rings is 1. The maximum Gasteiger partial charge on any atom is 0.300 e. The monoisotopic (exact) mass is 302 g/mol. The lowest BCUT2D eigenvalue weighted by Crippen LogP contribution is -2.14. The molecule has 0 aliphatic rings. The Morgan fingerprint density at radius 2 is 2.19 bits per heavy atom. The number of nitrogen functional groups attached to an aromatic ring is 1. The highest BCUT2D eigenvalue weighted by Gasteiger charge is 2.08. The first kappa shape index (κ1) is 18.5. The van der Waals surface area contributed by atoms with Crippen LogP contribution in [0.4, 0.5) is 5.95 Å². The summed E-state index contributed by atoms with van der Waals surface area (Å²) in [4.78, 5) is 30.7. The van der Waals surface area contributed by atoms with Crippen molar-refractivity contribution in [3.63, 3.8) is 0 Å². The summed E-state index contributed by atoms with van der Waals surface area (Å²) < 4.78 is 6.81. The van der Waals surface area contributed by atoms with Crippen LogP contribution >= 0.6 is 0 Å². The minimum absolute atomic E-state index is 0. The molecular weight excluding hydrogens is 284 g/mol. The Hall–Kier alpha value is -2.50. The Balaban J connectivity index is 0.000000715. The first-order chi connectivity index (χ1) is 9.45. The number of H-pyrrole nitrogens is 1. The molecule has 0 saturated carbocycles. The first-order valence-corrected chi connectivity index (χ1v) is 5.63. The minimum Gasteiger partial charge on any atom is -0.481 e. The Bertz CT molecular complexity index is 632. The van der Waals surface area contributed by atoms with Gasteiger partial charge in [0.15, 0.2) is 11.2 Å². The molecule has 21 heavy (non-hydrogen) atoms. The van der Waals surface area contributed by atoms with Gasteiger partial charge in [-0.3, -0.25) is 19.1 Å². The fraction of sp³-hybridized carbons (Fsp3) is 0.400. The first-order valence-electron chi connectivity index (χ1n) is 5.63. The molecule has 0 saturated heterocycles. The fourth-order valence-electron chi connectivity index (χ4n) is 1.31. The molecule has 11 nitrogen and oxygen atoms in total. The summed E-state index contributed by atoms with van der Waals surface area (Å²) in [5.74, 6) is -0.780. The van der Waals surface area contributed by atoms with Crippen LogP contribution in [0.15, 0.2) is 11.1 Å². The number of carboxylic acid groups (broad SMARTS) is 1. The number of carbonyl (C=O) groups is 1. The summed E-state index contributed by atoms with van der Waals surface area (Å²) in [6.45, 7) is 2.19. The van der Waals surface area contributed by atoms with Crippen molar-refractivity contribution in [1.29, 1.82) is 0 Å². The van der Waals surface area contributed by atoms with E-state index in [1.807, 2.05) is 0 Å². The Labute approximate surface area is 118 Å². The SMILES string of the molecule is CC(=O)O.NCCOCn1cnc2c(=O)[nH]c(N)nc21.O. The van der Waals surface area contributed by atoms with Gasteiger partial charge < -0.3 is 26.8 Å². The van der Waals surface area contributed by atoms with E-state index in [0.29, 0.717) is 18.8 Å². The highest BCUT2D eigenvalue weighted by molar-refractivity contribution is 5.70. The average molecular weight is 302 g/mol. The number of ether oxygens (including phenoxy) is 1. The molecule has 0 spiro atoms. The summed E-state index contributed by atoms with van der Waals surface area (Å²) in [7, 11) is 0. The van der Waals surface area contributed by atoms with Crippen molar-refractivity contribution in [2.24, 2.45) is 5.73 Å². The van der Waals surface area contributed by atoms with Gasteiger partial charge in [0.1, 0.15) is 6.73 Å². The van der Waals surface area contributed by atoms with E-state index in [9.17, 15) is 4.79 Å². The van der Waals surface area contributed by atoms with Crippen molar-refractivity contribution >= 4 is 23.1 Å². The molecule has 0 atom stereocenters. The highest BCUT2D eigenvalue weighted by Crippen LogP contribution is 2.05. The van der Waals surface area contributed by atoms with Crippen molar-refractivity contribution in [3.8, 4) is 0 Å². The van der Waals surface area contributed by atoms with Gasteiger partial charge in [-0.15, -0.1) is 0 Å². The molecule has 0 aliphatic carbocycles. The third kappa shape index (κ3) is 5.56. The smallest absolute Gasteiger partial charge is 0.300 e. The number of fused-ring (bicyclic) bond motifs is 1. The van der Waals surface area contributed by atoms with E-state index in [1.165, 1.54) is 6.33 Å². The van der Waals surface area contributed by atoms with Gasteiger partial charge in [-0.25, -0.2) is 4.98 Å². The van der Waals surface area contributed by atoms with Gasteiger partial charge in [-0.2, -0.15) is 4.98 Å². The van der Waals surface area contributed by atoms with Crippen LogP contribution in [0.25, 0.3) is 11.2 Å². The lowest BCUT2D eigenvalue weighted by Gasteiger charge is -2.03. The van der Waals surface area contributed by atoms with E-state index in [1.54, 1.807) is 4.57 Å².